The van der Waals surface area contributed by atoms with Gasteiger partial charge < -0.3 is 15.2 Å². The fourth-order valence-corrected chi connectivity index (χ4v) is 5.52. The first-order valence-electron chi connectivity index (χ1n) is 9.64. The molecule has 6 heteroatoms. The second kappa shape index (κ2) is 6.68. The topological polar surface area (TPSA) is 78.9 Å². The average molecular weight is 370 g/mol. The molecule has 2 fully saturated rings. The first-order chi connectivity index (χ1) is 13.0. The minimum Gasteiger partial charge on any atom is -0.504 e. The third kappa shape index (κ3) is 2.57. The van der Waals surface area contributed by atoms with E-state index in [0.29, 0.717) is 12.0 Å². The van der Waals surface area contributed by atoms with Crippen LogP contribution in [0.15, 0.2) is 36.1 Å². The number of carboxylic acids is 1. The van der Waals surface area contributed by atoms with Crippen LogP contribution in [0.3, 0.4) is 0 Å². The summed E-state index contributed by atoms with van der Waals surface area (Å²) in [6, 6.07) is 7.92. The lowest BCUT2D eigenvalue weighted by Crippen LogP contribution is -2.53. The minimum atomic E-state index is -0.933. The molecular weight excluding hydrogens is 344 g/mol. The van der Waals surface area contributed by atoms with Gasteiger partial charge in [-0.15, -0.1) is 0 Å². The number of ether oxygens (including phenoxy) is 1. The number of methoxy groups -OCH3 is 1. The summed E-state index contributed by atoms with van der Waals surface area (Å²) in [7, 11) is 1.48. The van der Waals surface area contributed by atoms with Gasteiger partial charge in [0.05, 0.1) is 24.4 Å². The van der Waals surface area contributed by atoms with Gasteiger partial charge in [-0.3, -0.25) is 9.69 Å². The Hall–Kier alpha value is -2.34. The molecule has 2 N–H and O–H groups in total. The van der Waals surface area contributed by atoms with Gasteiger partial charge in [0.1, 0.15) is 0 Å². The molecule has 1 amide bonds. The fraction of sp³-hybridized carbons (Fsp3) is 0.524. The predicted molar refractivity (Wildman–Crippen MR) is 101 cm³/mol. The number of carbonyl (C=O) groups excluding carboxylic acids is 1. The van der Waals surface area contributed by atoms with E-state index in [0.717, 1.165) is 37.2 Å². The molecule has 3 aliphatic rings. The zero-order valence-corrected chi connectivity index (χ0v) is 15.8. The highest BCUT2D eigenvalue weighted by Crippen LogP contribution is 2.53. The standard InChI is InChI=1S/C21H26N2O4/c1-3-13-11-23-9-8-21(16-6-4-5-7-17(16)22-20(21)26)18(23)10-14(13)15(12-27-2)19(24)25/h4-7,12-14,18H,3,8-11H2,1-2H3,(H,22,26)(H,24,25)/t13-,14-,18-,21-/m0/s1. The predicted octanol–water partition coefficient (Wildman–Crippen LogP) is 2.61. The Bertz CT molecular complexity index is 805. The normalized spacial score (nSPS) is 32.9. The van der Waals surface area contributed by atoms with Gasteiger partial charge >= 0.3 is 5.97 Å². The molecule has 1 spiro atoms. The van der Waals surface area contributed by atoms with E-state index in [4.69, 9.17) is 4.74 Å². The summed E-state index contributed by atoms with van der Waals surface area (Å²) in [5.41, 5.74) is 1.69. The Kier molecular flexibility index (Phi) is 4.46. The molecular formula is C21H26N2O4. The summed E-state index contributed by atoms with van der Waals surface area (Å²) in [6.07, 6.45) is 3.70. The van der Waals surface area contributed by atoms with Gasteiger partial charge in [0.15, 0.2) is 0 Å². The van der Waals surface area contributed by atoms with Gasteiger partial charge in [-0.2, -0.15) is 0 Å². The molecule has 6 nitrogen and oxygen atoms in total. The molecule has 3 aliphatic heterocycles. The van der Waals surface area contributed by atoms with E-state index in [9.17, 15) is 14.7 Å². The van der Waals surface area contributed by atoms with Crippen molar-refractivity contribution >= 4 is 17.6 Å². The molecule has 1 aromatic carbocycles. The Morgan fingerprint density at radius 1 is 1.44 bits per heavy atom. The number of carboxylic acid groups (broad SMARTS) is 1. The van der Waals surface area contributed by atoms with Gasteiger partial charge in [-0.1, -0.05) is 31.5 Å². The summed E-state index contributed by atoms with van der Waals surface area (Å²) in [4.78, 5) is 27.4. The molecule has 4 rings (SSSR count). The Morgan fingerprint density at radius 3 is 2.93 bits per heavy atom. The number of aliphatic carboxylic acids is 1. The van der Waals surface area contributed by atoms with Crippen LogP contribution in [0.5, 0.6) is 0 Å². The van der Waals surface area contributed by atoms with Crippen LogP contribution < -0.4 is 5.32 Å². The molecule has 2 saturated heterocycles. The molecule has 4 atom stereocenters. The van der Waals surface area contributed by atoms with Crippen molar-refractivity contribution in [3.8, 4) is 0 Å². The number of fused-ring (bicyclic) bond motifs is 4. The quantitative estimate of drug-likeness (QED) is 0.629. The van der Waals surface area contributed by atoms with Crippen LogP contribution in [-0.4, -0.2) is 48.1 Å². The minimum absolute atomic E-state index is 0.00792. The number of benzene rings is 1. The number of carbonyl (C=O) groups is 2. The Labute approximate surface area is 159 Å². The van der Waals surface area contributed by atoms with Gasteiger partial charge in [0.2, 0.25) is 5.91 Å². The maximum Gasteiger partial charge on any atom is 0.334 e. The molecule has 0 bridgehead atoms. The van der Waals surface area contributed by atoms with Crippen LogP contribution in [0, 0.1) is 11.8 Å². The highest BCUT2D eigenvalue weighted by molar-refractivity contribution is 6.07. The smallest absolute Gasteiger partial charge is 0.334 e. The van der Waals surface area contributed by atoms with Crippen molar-refractivity contribution in [3.05, 3.63) is 41.7 Å². The molecule has 27 heavy (non-hydrogen) atoms. The molecule has 1 aromatic rings. The maximum atomic E-state index is 13.1. The first-order valence-corrected chi connectivity index (χ1v) is 9.64. The van der Waals surface area contributed by atoms with Gasteiger partial charge in [0.25, 0.3) is 0 Å². The Morgan fingerprint density at radius 2 is 2.22 bits per heavy atom. The van der Waals surface area contributed by atoms with E-state index in [1.807, 2.05) is 24.3 Å². The van der Waals surface area contributed by atoms with Crippen molar-refractivity contribution in [1.82, 2.24) is 4.90 Å². The third-order valence-electron chi connectivity index (χ3n) is 6.79. The zero-order valence-electron chi connectivity index (χ0n) is 15.8. The summed E-state index contributed by atoms with van der Waals surface area (Å²) >= 11 is 0. The molecule has 3 heterocycles. The van der Waals surface area contributed by atoms with E-state index < -0.39 is 11.4 Å². The summed E-state index contributed by atoms with van der Waals surface area (Å²) in [6.45, 7) is 3.79. The Balaban J connectivity index is 1.75. The van der Waals surface area contributed by atoms with Crippen LogP contribution in [0.4, 0.5) is 5.69 Å². The lowest BCUT2D eigenvalue weighted by molar-refractivity contribution is -0.134. The van der Waals surface area contributed by atoms with Gasteiger partial charge in [-0.05, 0) is 42.9 Å². The van der Waals surface area contributed by atoms with Crippen LogP contribution >= 0.6 is 0 Å². The average Bonchev–Trinajstić information content (AvgIpc) is 3.18. The van der Waals surface area contributed by atoms with Gasteiger partial charge in [0, 0.05) is 18.3 Å². The molecule has 0 saturated carbocycles. The second-order valence-electron chi connectivity index (χ2n) is 7.86. The van der Waals surface area contributed by atoms with Crippen LogP contribution in [0.1, 0.15) is 31.7 Å². The van der Waals surface area contributed by atoms with Crippen LogP contribution in [-0.2, 0) is 19.7 Å². The monoisotopic (exact) mass is 370 g/mol. The van der Waals surface area contributed by atoms with E-state index >= 15 is 0 Å². The van der Waals surface area contributed by atoms with Crippen molar-refractivity contribution in [3.63, 3.8) is 0 Å². The largest absolute Gasteiger partial charge is 0.504 e. The summed E-state index contributed by atoms with van der Waals surface area (Å²) < 4.78 is 5.08. The fourth-order valence-electron chi connectivity index (χ4n) is 5.52. The van der Waals surface area contributed by atoms with E-state index in [1.165, 1.54) is 13.4 Å². The molecule has 0 unspecified atom stereocenters. The lowest BCUT2D eigenvalue weighted by atomic mass is 9.67. The maximum absolute atomic E-state index is 13.1. The number of hydrogen-bond acceptors (Lipinski definition) is 4. The number of hydrogen-bond donors (Lipinski definition) is 2. The lowest BCUT2D eigenvalue weighted by Gasteiger charge is -2.44. The highest BCUT2D eigenvalue weighted by atomic mass is 16.5. The van der Waals surface area contributed by atoms with Crippen molar-refractivity contribution in [1.29, 1.82) is 0 Å². The van der Waals surface area contributed by atoms with Crippen molar-refractivity contribution in [2.24, 2.45) is 11.8 Å². The van der Waals surface area contributed by atoms with Crippen molar-refractivity contribution in [2.45, 2.75) is 37.6 Å². The van der Waals surface area contributed by atoms with Crippen molar-refractivity contribution in [2.75, 3.05) is 25.5 Å². The number of amides is 1. The van der Waals surface area contributed by atoms with Crippen molar-refractivity contribution < 1.29 is 19.4 Å². The molecule has 144 valence electrons. The number of anilines is 1. The summed E-state index contributed by atoms with van der Waals surface area (Å²) in [5, 5.41) is 12.8. The SMILES string of the molecule is CC[C@H]1CN2CC[C@@]3(C(=O)Nc4ccccc43)[C@@H]2C[C@@H]1C(=COC)C(=O)O. The van der Waals surface area contributed by atoms with Gasteiger partial charge in [-0.25, -0.2) is 4.79 Å². The van der Waals surface area contributed by atoms with Crippen LogP contribution in [0.25, 0.3) is 0 Å². The third-order valence-corrected chi connectivity index (χ3v) is 6.79. The number of nitrogens with one attached hydrogen (secondary N) is 1. The van der Waals surface area contributed by atoms with Crippen LogP contribution in [0.2, 0.25) is 0 Å². The number of para-hydroxylation sites is 1. The summed E-state index contributed by atoms with van der Waals surface area (Å²) in [5.74, 6) is -0.757. The number of piperidine rings is 1. The zero-order chi connectivity index (χ0) is 19.2. The van der Waals surface area contributed by atoms with E-state index in [-0.39, 0.29) is 23.8 Å². The number of rotatable bonds is 4. The first kappa shape index (κ1) is 18.0. The van der Waals surface area contributed by atoms with E-state index in [2.05, 4.69) is 17.1 Å². The molecule has 0 aliphatic carbocycles. The molecule has 0 radical (unpaired) electrons. The van der Waals surface area contributed by atoms with E-state index in [1.54, 1.807) is 0 Å². The number of nitrogens with zero attached hydrogens (tertiary/aromatic N) is 1. The highest BCUT2D eigenvalue weighted by Gasteiger charge is 2.60. The molecule has 0 aromatic heterocycles. The second-order valence-corrected chi connectivity index (χ2v) is 7.86.